The van der Waals surface area contributed by atoms with Crippen LogP contribution in [0.5, 0.6) is 0 Å². The number of carbonyl (C=O) groups excluding carboxylic acids is 1. The van der Waals surface area contributed by atoms with Crippen LogP contribution in [-0.2, 0) is 4.79 Å². The van der Waals surface area contributed by atoms with Crippen molar-refractivity contribution in [2.24, 2.45) is 17.6 Å². The monoisotopic (exact) mass is 280 g/mol. The van der Waals surface area contributed by atoms with Crippen molar-refractivity contribution in [2.75, 3.05) is 13.1 Å². The normalized spacial score (nSPS) is 21.7. The first kappa shape index (κ1) is 15.8. The number of hydrogen-bond acceptors (Lipinski definition) is 2. The molecule has 2 N–H and O–H groups in total. The third-order valence-electron chi connectivity index (χ3n) is 5.00. The Morgan fingerprint density at radius 3 is 2.45 bits per heavy atom. The van der Waals surface area contributed by atoms with Crippen molar-refractivity contribution in [3.63, 3.8) is 0 Å². The molecule has 2 aliphatic rings. The van der Waals surface area contributed by atoms with Gasteiger partial charge in [-0.25, -0.2) is 0 Å². The molecule has 1 amide bonds. The SMILES string of the molecule is CC(CCN)CCC(=O)N(CC1CCCCC1)C1CC1. The van der Waals surface area contributed by atoms with Gasteiger partial charge in [0.1, 0.15) is 0 Å². The van der Waals surface area contributed by atoms with E-state index in [4.69, 9.17) is 5.73 Å². The highest BCUT2D eigenvalue weighted by molar-refractivity contribution is 5.76. The van der Waals surface area contributed by atoms with Gasteiger partial charge in [-0.05, 0) is 56.9 Å². The minimum atomic E-state index is 0.405. The molecule has 20 heavy (non-hydrogen) atoms. The third-order valence-corrected chi connectivity index (χ3v) is 5.00. The minimum Gasteiger partial charge on any atom is -0.339 e. The number of rotatable bonds is 8. The summed E-state index contributed by atoms with van der Waals surface area (Å²) in [6.45, 7) is 3.99. The number of amides is 1. The molecule has 1 unspecified atom stereocenters. The van der Waals surface area contributed by atoms with Crippen LogP contribution in [0.15, 0.2) is 0 Å². The summed E-state index contributed by atoms with van der Waals surface area (Å²) in [5.74, 6) is 1.76. The van der Waals surface area contributed by atoms with E-state index in [-0.39, 0.29) is 0 Å². The Balaban J connectivity index is 1.76. The van der Waals surface area contributed by atoms with Gasteiger partial charge in [-0.15, -0.1) is 0 Å². The number of nitrogens with two attached hydrogens (primary N) is 1. The number of nitrogens with zero attached hydrogens (tertiary/aromatic N) is 1. The molecule has 1 atom stereocenters. The van der Waals surface area contributed by atoms with Crippen molar-refractivity contribution in [1.29, 1.82) is 0 Å². The average molecular weight is 280 g/mol. The molecule has 0 aliphatic heterocycles. The van der Waals surface area contributed by atoms with E-state index in [1.807, 2.05) is 0 Å². The van der Waals surface area contributed by atoms with E-state index in [0.29, 0.717) is 17.9 Å². The van der Waals surface area contributed by atoms with Crippen LogP contribution >= 0.6 is 0 Å². The van der Waals surface area contributed by atoms with Crippen LogP contribution in [-0.4, -0.2) is 29.9 Å². The maximum Gasteiger partial charge on any atom is 0.222 e. The zero-order chi connectivity index (χ0) is 14.4. The summed E-state index contributed by atoms with van der Waals surface area (Å²) < 4.78 is 0. The smallest absolute Gasteiger partial charge is 0.222 e. The van der Waals surface area contributed by atoms with Crippen molar-refractivity contribution >= 4 is 5.91 Å². The lowest BCUT2D eigenvalue weighted by Crippen LogP contribution is -2.37. The lowest BCUT2D eigenvalue weighted by atomic mass is 9.88. The van der Waals surface area contributed by atoms with Gasteiger partial charge in [-0.3, -0.25) is 4.79 Å². The Morgan fingerprint density at radius 1 is 1.15 bits per heavy atom. The van der Waals surface area contributed by atoms with Crippen LogP contribution in [0.25, 0.3) is 0 Å². The quantitative estimate of drug-likeness (QED) is 0.741. The van der Waals surface area contributed by atoms with Gasteiger partial charge < -0.3 is 10.6 Å². The predicted octanol–water partition coefficient (Wildman–Crippen LogP) is 3.32. The Morgan fingerprint density at radius 2 is 1.85 bits per heavy atom. The molecule has 0 spiro atoms. The minimum absolute atomic E-state index is 0.405. The van der Waals surface area contributed by atoms with Crippen molar-refractivity contribution in [3.05, 3.63) is 0 Å². The molecule has 3 nitrogen and oxygen atoms in total. The van der Waals surface area contributed by atoms with Gasteiger partial charge in [0.25, 0.3) is 0 Å². The molecule has 0 aromatic heterocycles. The van der Waals surface area contributed by atoms with Gasteiger partial charge in [0.15, 0.2) is 0 Å². The van der Waals surface area contributed by atoms with E-state index in [1.165, 1.54) is 44.9 Å². The van der Waals surface area contributed by atoms with Gasteiger partial charge >= 0.3 is 0 Å². The summed E-state index contributed by atoms with van der Waals surface area (Å²) in [5, 5.41) is 0. The van der Waals surface area contributed by atoms with E-state index >= 15 is 0 Å². The molecule has 2 saturated carbocycles. The Labute approximate surface area is 124 Å². The molecular weight excluding hydrogens is 248 g/mol. The van der Waals surface area contributed by atoms with Gasteiger partial charge in [-0.2, -0.15) is 0 Å². The molecule has 0 saturated heterocycles. The summed E-state index contributed by atoms with van der Waals surface area (Å²) in [5.41, 5.74) is 5.58. The predicted molar refractivity (Wildman–Crippen MR) is 83.4 cm³/mol. The zero-order valence-corrected chi connectivity index (χ0v) is 13.2. The lowest BCUT2D eigenvalue weighted by molar-refractivity contribution is -0.133. The first-order valence-electron chi connectivity index (χ1n) is 8.70. The van der Waals surface area contributed by atoms with Crippen LogP contribution in [0.2, 0.25) is 0 Å². The molecule has 0 aromatic rings. The highest BCUT2D eigenvalue weighted by Gasteiger charge is 2.33. The van der Waals surface area contributed by atoms with Gasteiger partial charge in [0, 0.05) is 19.0 Å². The molecule has 2 aliphatic carbocycles. The highest BCUT2D eigenvalue weighted by Crippen LogP contribution is 2.32. The van der Waals surface area contributed by atoms with Crippen LogP contribution in [0, 0.1) is 11.8 Å². The maximum absolute atomic E-state index is 12.5. The Hall–Kier alpha value is -0.570. The summed E-state index contributed by atoms with van der Waals surface area (Å²) in [6.07, 6.45) is 12.0. The molecular formula is C17H32N2O. The highest BCUT2D eigenvalue weighted by atomic mass is 16.2. The molecule has 2 fully saturated rings. The summed E-state index contributed by atoms with van der Waals surface area (Å²) in [6, 6.07) is 0.578. The molecule has 116 valence electrons. The summed E-state index contributed by atoms with van der Waals surface area (Å²) >= 11 is 0. The van der Waals surface area contributed by atoms with Crippen molar-refractivity contribution < 1.29 is 4.79 Å². The van der Waals surface area contributed by atoms with Crippen LogP contribution in [0.1, 0.15) is 71.1 Å². The topological polar surface area (TPSA) is 46.3 Å². The van der Waals surface area contributed by atoms with E-state index in [2.05, 4.69) is 11.8 Å². The fourth-order valence-electron chi connectivity index (χ4n) is 3.43. The number of carbonyl (C=O) groups is 1. The Kier molecular flexibility index (Phi) is 6.34. The molecule has 0 aromatic carbocycles. The standard InChI is InChI=1S/C17H32N2O/c1-14(11-12-18)7-10-17(20)19(16-8-9-16)13-15-5-3-2-4-6-15/h14-16H,2-13,18H2,1H3. The first-order valence-corrected chi connectivity index (χ1v) is 8.70. The van der Waals surface area contributed by atoms with Crippen molar-refractivity contribution in [3.8, 4) is 0 Å². The van der Waals surface area contributed by atoms with E-state index in [1.54, 1.807) is 0 Å². The van der Waals surface area contributed by atoms with Crippen LogP contribution < -0.4 is 5.73 Å². The van der Waals surface area contributed by atoms with Crippen molar-refractivity contribution in [1.82, 2.24) is 4.90 Å². The Bertz CT molecular complexity index is 295. The van der Waals surface area contributed by atoms with Crippen LogP contribution in [0.3, 0.4) is 0 Å². The van der Waals surface area contributed by atoms with E-state index in [0.717, 1.165) is 38.3 Å². The van der Waals surface area contributed by atoms with E-state index in [9.17, 15) is 4.79 Å². The average Bonchev–Trinajstić information content (AvgIpc) is 3.28. The molecule has 0 heterocycles. The van der Waals surface area contributed by atoms with Crippen LogP contribution in [0.4, 0.5) is 0 Å². The molecule has 0 bridgehead atoms. The summed E-state index contributed by atoms with van der Waals surface area (Å²) in [7, 11) is 0. The second-order valence-electron chi connectivity index (χ2n) is 7.00. The summed E-state index contributed by atoms with van der Waals surface area (Å²) in [4.78, 5) is 14.7. The van der Waals surface area contributed by atoms with Gasteiger partial charge in [0.2, 0.25) is 5.91 Å². The molecule has 2 rings (SSSR count). The number of hydrogen-bond donors (Lipinski definition) is 1. The molecule has 0 radical (unpaired) electrons. The van der Waals surface area contributed by atoms with Gasteiger partial charge in [-0.1, -0.05) is 26.2 Å². The fraction of sp³-hybridized carbons (Fsp3) is 0.941. The zero-order valence-electron chi connectivity index (χ0n) is 13.2. The van der Waals surface area contributed by atoms with E-state index < -0.39 is 0 Å². The molecule has 3 heteroatoms. The van der Waals surface area contributed by atoms with Crippen molar-refractivity contribution in [2.45, 2.75) is 77.2 Å². The lowest BCUT2D eigenvalue weighted by Gasteiger charge is -2.30. The fourth-order valence-corrected chi connectivity index (χ4v) is 3.43. The maximum atomic E-state index is 12.5. The second kappa shape index (κ2) is 8.02. The second-order valence-corrected chi connectivity index (χ2v) is 7.00. The van der Waals surface area contributed by atoms with Gasteiger partial charge in [0.05, 0.1) is 0 Å². The largest absolute Gasteiger partial charge is 0.339 e. The third kappa shape index (κ3) is 5.08. The first-order chi connectivity index (χ1) is 9.70.